The number of amides is 1. The highest BCUT2D eigenvalue weighted by atomic mass is 16.1. The summed E-state index contributed by atoms with van der Waals surface area (Å²) in [5.74, 6) is 0.465. The van der Waals surface area contributed by atoms with Gasteiger partial charge in [0, 0.05) is 12.6 Å². The molecular formula is C12H23N3O. The average Bonchev–Trinajstić information content (AvgIpc) is 2.83. The lowest BCUT2D eigenvalue weighted by Gasteiger charge is -2.30. The van der Waals surface area contributed by atoms with Gasteiger partial charge in [0.25, 0.3) is 0 Å². The molecule has 1 aliphatic carbocycles. The number of hydrogen-bond donors (Lipinski definition) is 2. The summed E-state index contributed by atoms with van der Waals surface area (Å²) in [6.07, 6.45) is 4.65. The summed E-state index contributed by atoms with van der Waals surface area (Å²) < 4.78 is 0. The van der Waals surface area contributed by atoms with Gasteiger partial charge >= 0.3 is 0 Å². The van der Waals surface area contributed by atoms with Crippen LogP contribution in [0.4, 0.5) is 0 Å². The standard InChI is InChI=1S/C12H23N3O/c1-12(11(14)16)5-6-15(8-12)10-4-2-3-9(10)7-13/h9-10H,2-8,13H2,1H3,(H2,14,16). The minimum Gasteiger partial charge on any atom is -0.369 e. The molecule has 2 aliphatic rings. The van der Waals surface area contributed by atoms with Gasteiger partial charge < -0.3 is 11.5 Å². The van der Waals surface area contributed by atoms with Crippen molar-refractivity contribution < 1.29 is 4.79 Å². The molecule has 2 fully saturated rings. The number of carbonyl (C=O) groups is 1. The number of rotatable bonds is 3. The first-order valence-electron chi connectivity index (χ1n) is 6.31. The normalized spacial score (nSPS) is 40.4. The van der Waals surface area contributed by atoms with Crippen molar-refractivity contribution >= 4 is 5.91 Å². The highest BCUT2D eigenvalue weighted by Crippen LogP contribution is 2.37. The van der Waals surface area contributed by atoms with Crippen LogP contribution in [0.1, 0.15) is 32.6 Å². The van der Waals surface area contributed by atoms with E-state index in [1.54, 1.807) is 0 Å². The average molecular weight is 225 g/mol. The Bertz CT molecular complexity index is 281. The van der Waals surface area contributed by atoms with Crippen LogP contribution >= 0.6 is 0 Å². The molecule has 2 rings (SSSR count). The van der Waals surface area contributed by atoms with Gasteiger partial charge in [0.2, 0.25) is 5.91 Å². The summed E-state index contributed by atoms with van der Waals surface area (Å²) in [4.78, 5) is 13.8. The summed E-state index contributed by atoms with van der Waals surface area (Å²) in [5, 5.41) is 0. The van der Waals surface area contributed by atoms with Crippen molar-refractivity contribution in [3.05, 3.63) is 0 Å². The number of nitrogens with zero attached hydrogens (tertiary/aromatic N) is 1. The number of hydrogen-bond acceptors (Lipinski definition) is 3. The van der Waals surface area contributed by atoms with Crippen molar-refractivity contribution in [3.8, 4) is 0 Å². The van der Waals surface area contributed by atoms with Crippen LogP contribution in [0.3, 0.4) is 0 Å². The van der Waals surface area contributed by atoms with E-state index in [4.69, 9.17) is 11.5 Å². The van der Waals surface area contributed by atoms with E-state index >= 15 is 0 Å². The molecule has 0 bridgehead atoms. The zero-order valence-electron chi connectivity index (χ0n) is 10.1. The zero-order valence-corrected chi connectivity index (χ0v) is 10.1. The van der Waals surface area contributed by atoms with Crippen LogP contribution in [0.25, 0.3) is 0 Å². The molecule has 92 valence electrons. The van der Waals surface area contributed by atoms with Crippen LogP contribution in [0, 0.1) is 11.3 Å². The molecule has 4 nitrogen and oxygen atoms in total. The van der Waals surface area contributed by atoms with E-state index in [0.29, 0.717) is 12.0 Å². The molecule has 4 N–H and O–H groups in total. The van der Waals surface area contributed by atoms with Gasteiger partial charge in [-0.05, 0) is 45.2 Å². The Hall–Kier alpha value is -0.610. The van der Waals surface area contributed by atoms with Gasteiger partial charge in [0.15, 0.2) is 0 Å². The number of carbonyl (C=O) groups excluding carboxylic acids is 1. The van der Waals surface area contributed by atoms with Crippen molar-refractivity contribution in [1.29, 1.82) is 0 Å². The fourth-order valence-electron chi connectivity index (χ4n) is 3.25. The van der Waals surface area contributed by atoms with E-state index in [2.05, 4.69) is 4.90 Å². The molecule has 3 unspecified atom stereocenters. The Kier molecular flexibility index (Phi) is 3.22. The van der Waals surface area contributed by atoms with Crippen molar-refractivity contribution in [2.24, 2.45) is 22.8 Å². The van der Waals surface area contributed by atoms with E-state index in [-0.39, 0.29) is 11.3 Å². The highest BCUT2D eigenvalue weighted by molar-refractivity contribution is 5.81. The van der Waals surface area contributed by atoms with Crippen molar-refractivity contribution in [3.63, 3.8) is 0 Å². The zero-order chi connectivity index (χ0) is 11.8. The minimum atomic E-state index is -0.318. The van der Waals surface area contributed by atoms with Crippen molar-refractivity contribution in [2.45, 2.75) is 38.6 Å². The third kappa shape index (κ3) is 1.96. The maximum absolute atomic E-state index is 11.4. The Morgan fingerprint density at radius 3 is 2.81 bits per heavy atom. The van der Waals surface area contributed by atoms with Crippen LogP contribution in [-0.2, 0) is 4.79 Å². The lowest BCUT2D eigenvalue weighted by Crippen LogP contribution is -2.42. The molecule has 0 aromatic carbocycles. The van der Waals surface area contributed by atoms with Gasteiger partial charge in [-0.15, -0.1) is 0 Å². The van der Waals surface area contributed by atoms with Gasteiger partial charge in [-0.2, -0.15) is 0 Å². The van der Waals surface area contributed by atoms with Gasteiger partial charge in [0.1, 0.15) is 0 Å². The Labute approximate surface area is 97.3 Å². The molecule has 1 aliphatic heterocycles. The Morgan fingerprint density at radius 2 is 2.25 bits per heavy atom. The minimum absolute atomic E-state index is 0.155. The summed E-state index contributed by atoms with van der Waals surface area (Å²) in [6, 6.07) is 0.589. The molecule has 1 heterocycles. The molecule has 1 saturated heterocycles. The summed E-state index contributed by atoms with van der Waals surface area (Å²) >= 11 is 0. The fourth-order valence-corrected chi connectivity index (χ4v) is 3.25. The SMILES string of the molecule is CC1(C(N)=O)CCN(C2CCCC2CN)C1. The Balaban J connectivity index is 2.00. The van der Waals surface area contributed by atoms with Crippen molar-refractivity contribution in [2.75, 3.05) is 19.6 Å². The van der Waals surface area contributed by atoms with E-state index in [9.17, 15) is 4.79 Å². The van der Waals surface area contributed by atoms with Gasteiger partial charge in [-0.3, -0.25) is 9.69 Å². The molecular weight excluding hydrogens is 202 g/mol. The fraction of sp³-hybridized carbons (Fsp3) is 0.917. The predicted molar refractivity (Wildman–Crippen MR) is 63.7 cm³/mol. The first-order valence-corrected chi connectivity index (χ1v) is 6.31. The lowest BCUT2D eigenvalue weighted by atomic mass is 9.89. The molecule has 0 radical (unpaired) electrons. The second-order valence-corrected chi connectivity index (χ2v) is 5.64. The van der Waals surface area contributed by atoms with E-state index in [1.165, 1.54) is 19.3 Å². The maximum atomic E-state index is 11.4. The van der Waals surface area contributed by atoms with Gasteiger partial charge in [-0.25, -0.2) is 0 Å². The van der Waals surface area contributed by atoms with E-state index in [1.807, 2.05) is 6.92 Å². The highest BCUT2D eigenvalue weighted by Gasteiger charge is 2.43. The second-order valence-electron chi connectivity index (χ2n) is 5.64. The first-order chi connectivity index (χ1) is 7.57. The molecule has 3 atom stereocenters. The largest absolute Gasteiger partial charge is 0.369 e. The molecule has 4 heteroatoms. The quantitative estimate of drug-likeness (QED) is 0.726. The molecule has 16 heavy (non-hydrogen) atoms. The number of nitrogens with two attached hydrogens (primary N) is 2. The van der Waals surface area contributed by atoms with Crippen LogP contribution in [0.15, 0.2) is 0 Å². The van der Waals surface area contributed by atoms with Crippen molar-refractivity contribution in [1.82, 2.24) is 4.90 Å². The Morgan fingerprint density at radius 1 is 1.50 bits per heavy atom. The smallest absolute Gasteiger partial charge is 0.224 e. The summed E-state index contributed by atoms with van der Waals surface area (Å²) in [6.45, 7) is 4.58. The predicted octanol–water partition coefficient (Wildman–Crippen LogP) is 0.311. The monoisotopic (exact) mass is 225 g/mol. The van der Waals surface area contributed by atoms with Crippen LogP contribution in [0.5, 0.6) is 0 Å². The second kappa shape index (κ2) is 4.34. The maximum Gasteiger partial charge on any atom is 0.224 e. The third-order valence-electron chi connectivity index (χ3n) is 4.49. The molecule has 1 amide bonds. The van der Waals surface area contributed by atoms with Gasteiger partial charge in [0.05, 0.1) is 5.41 Å². The summed E-state index contributed by atoms with van der Waals surface area (Å²) in [7, 11) is 0. The first kappa shape index (κ1) is 11.9. The third-order valence-corrected chi connectivity index (χ3v) is 4.49. The van der Waals surface area contributed by atoms with Crippen LogP contribution in [-0.4, -0.2) is 36.5 Å². The molecule has 0 aromatic heterocycles. The number of likely N-dealkylation sites (tertiary alicyclic amines) is 1. The number of primary amides is 1. The lowest BCUT2D eigenvalue weighted by molar-refractivity contribution is -0.126. The molecule has 0 aromatic rings. The van der Waals surface area contributed by atoms with Crippen LogP contribution in [0.2, 0.25) is 0 Å². The molecule has 0 spiro atoms. The van der Waals surface area contributed by atoms with E-state index in [0.717, 1.165) is 26.1 Å². The topological polar surface area (TPSA) is 72.4 Å². The van der Waals surface area contributed by atoms with Crippen LogP contribution < -0.4 is 11.5 Å². The van der Waals surface area contributed by atoms with E-state index < -0.39 is 0 Å². The van der Waals surface area contributed by atoms with Gasteiger partial charge in [-0.1, -0.05) is 6.42 Å². The summed E-state index contributed by atoms with van der Waals surface area (Å²) in [5.41, 5.74) is 11.0. The molecule has 1 saturated carbocycles.